The SMILES string of the molecule is CCc1cccc(C#N)c1OC1CCN(C(O)CC(N)C2CCc3cc(F)c(F)cc32)C1. The number of hydrogen-bond donors (Lipinski definition) is 2. The number of aliphatic hydroxyl groups is 1. The topological polar surface area (TPSA) is 82.5 Å². The van der Waals surface area contributed by atoms with Crippen LogP contribution in [0.4, 0.5) is 8.78 Å². The summed E-state index contributed by atoms with van der Waals surface area (Å²) < 4.78 is 33.5. The maximum atomic E-state index is 13.7. The summed E-state index contributed by atoms with van der Waals surface area (Å²) in [5, 5.41) is 20.2. The second-order valence-corrected chi connectivity index (χ2v) is 8.77. The first kappa shape index (κ1) is 22.7. The predicted molar refractivity (Wildman–Crippen MR) is 117 cm³/mol. The summed E-state index contributed by atoms with van der Waals surface area (Å²) in [5.74, 6) is -1.15. The molecule has 0 spiro atoms. The van der Waals surface area contributed by atoms with Gasteiger partial charge in [-0.3, -0.25) is 4.90 Å². The van der Waals surface area contributed by atoms with E-state index in [1.807, 2.05) is 24.0 Å². The summed E-state index contributed by atoms with van der Waals surface area (Å²) in [6.45, 7) is 3.23. The van der Waals surface area contributed by atoms with Crippen LogP contribution in [0, 0.1) is 23.0 Å². The Kier molecular flexibility index (Phi) is 6.75. The first-order valence-electron chi connectivity index (χ1n) is 11.2. The quantitative estimate of drug-likeness (QED) is 0.686. The number of fused-ring (bicyclic) bond motifs is 1. The van der Waals surface area contributed by atoms with Gasteiger partial charge in [0.05, 0.1) is 5.56 Å². The Morgan fingerprint density at radius 3 is 2.81 bits per heavy atom. The zero-order chi connectivity index (χ0) is 22.8. The van der Waals surface area contributed by atoms with Crippen molar-refractivity contribution in [3.63, 3.8) is 0 Å². The molecule has 1 saturated heterocycles. The van der Waals surface area contributed by atoms with Gasteiger partial charge in [-0.25, -0.2) is 8.78 Å². The molecule has 1 aliphatic heterocycles. The molecule has 2 aromatic carbocycles. The molecule has 2 aromatic rings. The number of nitrogens with zero attached hydrogens (tertiary/aromatic N) is 2. The van der Waals surface area contributed by atoms with Crippen LogP contribution in [-0.2, 0) is 12.8 Å². The van der Waals surface area contributed by atoms with Gasteiger partial charge in [-0.15, -0.1) is 0 Å². The van der Waals surface area contributed by atoms with E-state index in [1.165, 1.54) is 12.1 Å². The van der Waals surface area contributed by atoms with E-state index >= 15 is 0 Å². The molecule has 4 unspecified atom stereocenters. The summed E-state index contributed by atoms with van der Waals surface area (Å²) in [4.78, 5) is 1.94. The Morgan fingerprint density at radius 2 is 2.06 bits per heavy atom. The number of hydrogen-bond acceptors (Lipinski definition) is 5. The van der Waals surface area contributed by atoms with Crippen LogP contribution in [0.25, 0.3) is 0 Å². The van der Waals surface area contributed by atoms with Gasteiger partial charge < -0.3 is 15.6 Å². The number of ether oxygens (including phenoxy) is 1. The molecule has 0 radical (unpaired) electrons. The third-order valence-corrected chi connectivity index (χ3v) is 6.79. The van der Waals surface area contributed by atoms with Crippen LogP contribution >= 0.6 is 0 Å². The molecule has 0 aromatic heterocycles. The third-order valence-electron chi connectivity index (χ3n) is 6.79. The lowest BCUT2D eigenvalue weighted by Crippen LogP contribution is -2.41. The van der Waals surface area contributed by atoms with Crippen molar-refractivity contribution in [3.05, 3.63) is 64.2 Å². The maximum absolute atomic E-state index is 13.7. The van der Waals surface area contributed by atoms with Crippen LogP contribution < -0.4 is 10.5 Å². The van der Waals surface area contributed by atoms with Crippen molar-refractivity contribution in [2.24, 2.45) is 5.73 Å². The number of benzene rings is 2. The fourth-order valence-corrected chi connectivity index (χ4v) is 5.01. The first-order valence-corrected chi connectivity index (χ1v) is 11.2. The van der Waals surface area contributed by atoms with Crippen molar-refractivity contribution < 1.29 is 18.6 Å². The van der Waals surface area contributed by atoms with Crippen molar-refractivity contribution in [1.29, 1.82) is 5.26 Å². The molecular weight excluding hydrogens is 412 g/mol. The average molecular weight is 442 g/mol. The van der Waals surface area contributed by atoms with E-state index in [1.54, 1.807) is 6.07 Å². The second kappa shape index (κ2) is 9.53. The van der Waals surface area contributed by atoms with Gasteiger partial charge in [0.15, 0.2) is 11.6 Å². The summed E-state index contributed by atoms with van der Waals surface area (Å²) in [5.41, 5.74) is 9.49. The summed E-state index contributed by atoms with van der Waals surface area (Å²) in [7, 11) is 0. The Hall–Kier alpha value is -2.53. The summed E-state index contributed by atoms with van der Waals surface area (Å²) >= 11 is 0. The normalized spacial score (nSPS) is 22.4. The molecule has 0 saturated carbocycles. The van der Waals surface area contributed by atoms with Gasteiger partial charge >= 0.3 is 0 Å². The fraction of sp³-hybridized carbons (Fsp3) is 0.480. The molecule has 7 heteroatoms. The van der Waals surface area contributed by atoms with E-state index in [2.05, 4.69) is 6.07 Å². The van der Waals surface area contributed by atoms with E-state index in [4.69, 9.17) is 10.5 Å². The number of aryl methyl sites for hydroxylation is 2. The Labute approximate surface area is 187 Å². The van der Waals surface area contributed by atoms with Crippen LogP contribution in [0.15, 0.2) is 30.3 Å². The number of likely N-dealkylation sites (tertiary alicyclic amines) is 1. The van der Waals surface area contributed by atoms with Gasteiger partial charge in [-0.05, 0) is 66.5 Å². The number of nitriles is 1. The molecule has 4 rings (SSSR count). The number of rotatable bonds is 7. The van der Waals surface area contributed by atoms with Crippen LogP contribution in [0.2, 0.25) is 0 Å². The lowest BCUT2D eigenvalue weighted by atomic mass is 9.91. The third kappa shape index (κ3) is 4.49. The van der Waals surface area contributed by atoms with Gasteiger partial charge in [-0.1, -0.05) is 19.1 Å². The molecule has 1 aliphatic carbocycles. The smallest absolute Gasteiger partial charge is 0.159 e. The molecule has 170 valence electrons. The Morgan fingerprint density at radius 1 is 1.28 bits per heavy atom. The maximum Gasteiger partial charge on any atom is 0.159 e. The van der Waals surface area contributed by atoms with Crippen molar-refractivity contribution in [2.45, 2.75) is 63.3 Å². The Bertz CT molecular complexity index is 1020. The molecule has 1 fully saturated rings. The van der Waals surface area contributed by atoms with Gasteiger partial charge in [0, 0.05) is 25.6 Å². The molecule has 3 N–H and O–H groups in total. The standard InChI is InChI=1S/C25H29F2N3O2/c1-2-15-4-3-5-17(13-28)25(15)32-18-8-9-30(14-18)24(31)12-23(29)19-7-6-16-10-21(26)22(27)11-20(16)19/h3-5,10-11,18-19,23-24,31H,2,6-9,12,14,29H2,1H3. The molecule has 0 bridgehead atoms. The second-order valence-electron chi connectivity index (χ2n) is 8.77. The van der Waals surface area contributed by atoms with Crippen LogP contribution in [0.5, 0.6) is 5.75 Å². The van der Waals surface area contributed by atoms with Gasteiger partial charge in [0.25, 0.3) is 0 Å². The number of aliphatic hydroxyl groups excluding tert-OH is 1. The van der Waals surface area contributed by atoms with Crippen molar-refractivity contribution >= 4 is 0 Å². The lowest BCUT2D eigenvalue weighted by Gasteiger charge is -2.28. The van der Waals surface area contributed by atoms with E-state index in [0.717, 1.165) is 36.0 Å². The van der Waals surface area contributed by atoms with E-state index in [0.29, 0.717) is 37.2 Å². The highest BCUT2D eigenvalue weighted by atomic mass is 19.2. The van der Waals surface area contributed by atoms with E-state index in [-0.39, 0.29) is 18.1 Å². The zero-order valence-corrected chi connectivity index (χ0v) is 18.2. The number of nitrogens with two attached hydrogens (primary N) is 1. The minimum Gasteiger partial charge on any atom is -0.487 e. The molecule has 0 amide bonds. The molecule has 4 atom stereocenters. The highest BCUT2D eigenvalue weighted by Gasteiger charge is 2.34. The lowest BCUT2D eigenvalue weighted by molar-refractivity contribution is 0.00112. The van der Waals surface area contributed by atoms with E-state index < -0.39 is 17.9 Å². The van der Waals surface area contributed by atoms with E-state index in [9.17, 15) is 19.1 Å². The predicted octanol–water partition coefficient (Wildman–Crippen LogP) is 3.62. The number of para-hydroxylation sites is 1. The largest absolute Gasteiger partial charge is 0.487 e. The summed E-state index contributed by atoms with van der Waals surface area (Å²) in [6.07, 6.45) is 2.37. The molecule has 1 heterocycles. The van der Waals surface area contributed by atoms with Crippen molar-refractivity contribution in [2.75, 3.05) is 13.1 Å². The minimum atomic E-state index is -0.855. The zero-order valence-electron chi connectivity index (χ0n) is 18.2. The molecule has 5 nitrogen and oxygen atoms in total. The fourth-order valence-electron chi connectivity index (χ4n) is 5.01. The van der Waals surface area contributed by atoms with Crippen LogP contribution in [0.1, 0.15) is 54.4 Å². The molecule has 32 heavy (non-hydrogen) atoms. The minimum absolute atomic E-state index is 0.0981. The number of halogens is 2. The summed E-state index contributed by atoms with van der Waals surface area (Å²) in [6, 6.07) is 9.93. The molecular formula is C25H29F2N3O2. The first-order chi connectivity index (χ1) is 15.4. The van der Waals surface area contributed by atoms with Crippen LogP contribution in [0.3, 0.4) is 0 Å². The van der Waals surface area contributed by atoms with Crippen LogP contribution in [-0.4, -0.2) is 41.5 Å². The van der Waals surface area contributed by atoms with Crippen molar-refractivity contribution in [3.8, 4) is 11.8 Å². The van der Waals surface area contributed by atoms with Gasteiger partial charge in [0.1, 0.15) is 24.2 Å². The monoisotopic (exact) mass is 441 g/mol. The van der Waals surface area contributed by atoms with Gasteiger partial charge in [-0.2, -0.15) is 5.26 Å². The average Bonchev–Trinajstić information content (AvgIpc) is 3.41. The molecule has 2 aliphatic rings. The highest BCUT2D eigenvalue weighted by Crippen LogP contribution is 2.37. The Balaban J connectivity index is 1.37. The van der Waals surface area contributed by atoms with Gasteiger partial charge in [0.2, 0.25) is 0 Å². The highest BCUT2D eigenvalue weighted by molar-refractivity contribution is 5.48. The van der Waals surface area contributed by atoms with Crippen molar-refractivity contribution in [1.82, 2.24) is 4.90 Å².